The number of rotatable bonds is 8. The number of ether oxygens (including phenoxy) is 1. The number of aliphatic imine (C=N–C) groups is 1. The SMILES string of the molecule is CN=C(NCCc1ccc(NC(=O)OC(C)(C)C)cc1)NCCc1csc(C(C)C)n1. The Morgan fingerprint density at radius 2 is 1.77 bits per heavy atom. The third-order valence-electron chi connectivity index (χ3n) is 4.27. The molecule has 0 saturated carbocycles. The van der Waals surface area contributed by atoms with Crippen LogP contribution in [0.2, 0.25) is 0 Å². The van der Waals surface area contributed by atoms with Crippen LogP contribution in [0.15, 0.2) is 34.6 Å². The molecule has 0 saturated heterocycles. The first kappa shape index (κ1) is 24.7. The van der Waals surface area contributed by atoms with E-state index in [2.05, 4.69) is 45.2 Å². The third-order valence-corrected chi connectivity index (χ3v) is 5.46. The smallest absolute Gasteiger partial charge is 0.412 e. The van der Waals surface area contributed by atoms with Gasteiger partial charge in [-0.3, -0.25) is 10.3 Å². The lowest BCUT2D eigenvalue weighted by molar-refractivity contribution is 0.0636. The molecule has 0 aliphatic rings. The molecule has 1 amide bonds. The normalized spacial score (nSPS) is 12.0. The molecule has 0 bridgehead atoms. The fraction of sp³-hybridized carbons (Fsp3) is 0.522. The van der Waals surface area contributed by atoms with Gasteiger partial charge in [0.05, 0.1) is 10.7 Å². The molecule has 1 aromatic heterocycles. The Balaban J connectivity index is 1.70. The number of nitrogens with one attached hydrogen (secondary N) is 3. The molecule has 8 heteroatoms. The van der Waals surface area contributed by atoms with Gasteiger partial charge in [-0.15, -0.1) is 11.3 Å². The molecule has 0 radical (unpaired) electrons. The number of carbonyl (C=O) groups excluding carboxylic acids is 1. The van der Waals surface area contributed by atoms with Crippen molar-refractivity contribution in [3.05, 3.63) is 45.9 Å². The van der Waals surface area contributed by atoms with Crippen LogP contribution in [0.25, 0.3) is 0 Å². The number of anilines is 1. The van der Waals surface area contributed by atoms with Crippen LogP contribution in [0.4, 0.5) is 10.5 Å². The van der Waals surface area contributed by atoms with Crippen molar-refractivity contribution in [1.29, 1.82) is 0 Å². The maximum Gasteiger partial charge on any atom is 0.412 e. The van der Waals surface area contributed by atoms with Crippen molar-refractivity contribution in [1.82, 2.24) is 15.6 Å². The molecule has 2 rings (SSSR count). The zero-order chi connectivity index (χ0) is 22.9. The Morgan fingerprint density at radius 1 is 1.13 bits per heavy atom. The molecule has 0 spiro atoms. The summed E-state index contributed by atoms with van der Waals surface area (Å²) in [4.78, 5) is 20.8. The molecule has 170 valence electrons. The van der Waals surface area contributed by atoms with Crippen molar-refractivity contribution in [3.8, 4) is 0 Å². The Bertz CT molecular complexity index is 854. The van der Waals surface area contributed by atoms with Gasteiger partial charge in [-0.1, -0.05) is 26.0 Å². The van der Waals surface area contributed by atoms with Gasteiger partial charge in [-0.05, 0) is 44.9 Å². The molecule has 1 aromatic carbocycles. The third kappa shape index (κ3) is 9.38. The number of amides is 1. The summed E-state index contributed by atoms with van der Waals surface area (Å²) in [5, 5.41) is 12.7. The standard InChI is InChI=1S/C23H35N5O2S/c1-16(2)20-27-19(15-31-20)12-14-26-21(24-6)25-13-11-17-7-9-18(10-8-17)28-22(29)30-23(3,4)5/h7-10,15-16H,11-14H2,1-6H3,(H,28,29)(H2,24,25,26). The quantitative estimate of drug-likeness (QED) is 0.409. The summed E-state index contributed by atoms with van der Waals surface area (Å²) in [5.74, 6) is 1.26. The van der Waals surface area contributed by atoms with E-state index in [1.54, 1.807) is 18.4 Å². The first-order chi connectivity index (χ1) is 14.7. The van der Waals surface area contributed by atoms with E-state index in [9.17, 15) is 4.79 Å². The fourth-order valence-corrected chi connectivity index (χ4v) is 3.60. The molecule has 7 nitrogen and oxygen atoms in total. The predicted molar refractivity (Wildman–Crippen MR) is 129 cm³/mol. The fourth-order valence-electron chi connectivity index (χ4n) is 2.73. The van der Waals surface area contributed by atoms with Crippen LogP contribution in [-0.2, 0) is 17.6 Å². The Kier molecular flexibility index (Phi) is 9.30. The molecular weight excluding hydrogens is 410 g/mol. The van der Waals surface area contributed by atoms with Crippen LogP contribution >= 0.6 is 11.3 Å². The highest BCUT2D eigenvalue weighted by atomic mass is 32.1. The number of guanidine groups is 1. The average Bonchev–Trinajstić information content (AvgIpc) is 3.16. The monoisotopic (exact) mass is 445 g/mol. The van der Waals surface area contributed by atoms with Crippen LogP contribution in [0, 0.1) is 0 Å². The highest BCUT2D eigenvalue weighted by molar-refractivity contribution is 7.09. The summed E-state index contributed by atoms with van der Waals surface area (Å²) < 4.78 is 5.26. The zero-order valence-electron chi connectivity index (χ0n) is 19.4. The van der Waals surface area contributed by atoms with E-state index in [0.29, 0.717) is 11.6 Å². The lowest BCUT2D eigenvalue weighted by Crippen LogP contribution is -2.39. The number of nitrogens with zero attached hydrogens (tertiary/aromatic N) is 2. The molecule has 0 aliphatic carbocycles. The van der Waals surface area contributed by atoms with Crippen molar-refractivity contribution in [2.45, 2.75) is 59.0 Å². The minimum Gasteiger partial charge on any atom is -0.444 e. The van der Waals surface area contributed by atoms with Gasteiger partial charge in [0.25, 0.3) is 0 Å². The van der Waals surface area contributed by atoms with Crippen molar-refractivity contribution >= 4 is 29.1 Å². The van der Waals surface area contributed by atoms with Crippen molar-refractivity contribution < 1.29 is 9.53 Å². The summed E-state index contributed by atoms with van der Waals surface area (Å²) in [5.41, 5.74) is 2.49. The van der Waals surface area contributed by atoms with Crippen molar-refractivity contribution in [2.24, 2.45) is 4.99 Å². The lowest BCUT2D eigenvalue weighted by atomic mass is 10.1. The van der Waals surface area contributed by atoms with Crippen molar-refractivity contribution in [2.75, 3.05) is 25.5 Å². The maximum absolute atomic E-state index is 11.8. The number of aromatic nitrogens is 1. The summed E-state index contributed by atoms with van der Waals surface area (Å²) in [6.45, 7) is 11.4. The molecule has 0 fully saturated rings. The predicted octanol–water partition coefficient (Wildman–Crippen LogP) is 4.56. The van der Waals surface area contributed by atoms with E-state index in [0.717, 1.165) is 37.6 Å². The second-order valence-corrected chi connectivity index (χ2v) is 9.47. The van der Waals surface area contributed by atoms with Gasteiger partial charge in [0.1, 0.15) is 5.60 Å². The minimum atomic E-state index is -0.514. The second kappa shape index (κ2) is 11.7. The summed E-state index contributed by atoms with van der Waals surface area (Å²) in [6, 6.07) is 7.76. The molecule has 3 N–H and O–H groups in total. The minimum absolute atomic E-state index is 0.449. The van der Waals surface area contributed by atoms with Crippen LogP contribution in [0.1, 0.15) is 56.8 Å². The Morgan fingerprint density at radius 3 is 2.32 bits per heavy atom. The van der Waals surface area contributed by atoms with E-state index < -0.39 is 11.7 Å². The Labute approximate surface area is 189 Å². The highest BCUT2D eigenvalue weighted by Gasteiger charge is 2.16. The summed E-state index contributed by atoms with van der Waals surface area (Å²) in [6.07, 6.45) is 1.27. The number of benzene rings is 1. The van der Waals surface area contributed by atoms with E-state index in [1.165, 1.54) is 10.6 Å². The van der Waals surface area contributed by atoms with Gasteiger partial charge in [0, 0.05) is 43.5 Å². The van der Waals surface area contributed by atoms with Crippen LogP contribution in [-0.4, -0.2) is 42.8 Å². The zero-order valence-corrected chi connectivity index (χ0v) is 20.2. The van der Waals surface area contributed by atoms with Crippen LogP contribution < -0.4 is 16.0 Å². The van der Waals surface area contributed by atoms with E-state index >= 15 is 0 Å². The molecule has 1 heterocycles. The first-order valence-electron chi connectivity index (χ1n) is 10.6. The Hall–Kier alpha value is -2.61. The van der Waals surface area contributed by atoms with Gasteiger partial charge in [0.15, 0.2) is 5.96 Å². The molecule has 0 unspecified atom stereocenters. The van der Waals surface area contributed by atoms with E-state index in [4.69, 9.17) is 4.74 Å². The van der Waals surface area contributed by atoms with E-state index in [1.807, 2.05) is 45.0 Å². The first-order valence-corrected chi connectivity index (χ1v) is 11.5. The number of carbonyl (C=O) groups is 1. The molecule has 31 heavy (non-hydrogen) atoms. The van der Waals surface area contributed by atoms with Gasteiger partial charge < -0.3 is 15.4 Å². The summed E-state index contributed by atoms with van der Waals surface area (Å²) in [7, 11) is 1.77. The molecule has 0 atom stereocenters. The molecule has 0 aliphatic heterocycles. The van der Waals surface area contributed by atoms with Crippen molar-refractivity contribution in [3.63, 3.8) is 0 Å². The summed E-state index contributed by atoms with van der Waals surface area (Å²) >= 11 is 1.73. The second-order valence-electron chi connectivity index (χ2n) is 8.58. The largest absolute Gasteiger partial charge is 0.444 e. The lowest BCUT2D eigenvalue weighted by Gasteiger charge is -2.19. The number of hydrogen-bond donors (Lipinski definition) is 3. The number of thiazole rings is 1. The van der Waals surface area contributed by atoms with E-state index in [-0.39, 0.29) is 0 Å². The topological polar surface area (TPSA) is 87.6 Å². The van der Waals surface area contributed by atoms with Gasteiger partial charge >= 0.3 is 6.09 Å². The van der Waals surface area contributed by atoms with Crippen LogP contribution in [0.5, 0.6) is 0 Å². The van der Waals surface area contributed by atoms with Gasteiger partial charge in [0.2, 0.25) is 0 Å². The van der Waals surface area contributed by atoms with Gasteiger partial charge in [-0.25, -0.2) is 9.78 Å². The highest BCUT2D eigenvalue weighted by Crippen LogP contribution is 2.19. The van der Waals surface area contributed by atoms with Crippen LogP contribution in [0.3, 0.4) is 0 Å². The maximum atomic E-state index is 11.8. The molecule has 2 aromatic rings. The number of hydrogen-bond acceptors (Lipinski definition) is 5. The van der Waals surface area contributed by atoms with Gasteiger partial charge in [-0.2, -0.15) is 0 Å². The average molecular weight is 446 g/mol. The molecular formula is C23H35N5O2S.